The number of aromatic nitrogens is 1. The topological polar surface area (TPSA) is 92.9 Å². The second-order valence-electron chi connectivity index (χ2n) is 8.12. The van der Waals surface area contributed by atoms with Crippen molar-refractivity contribution in [3.63, 3.8) is 0 Å². The molecule has 0 N–H and O–H groups in total. The highest BCUT2D eigenvalue weighted by atomic mass is 35.5. The molecule has 0 saturated carbocycles. The van der Waals surface area contributed by atoms with Crippen molar-refractivity contribution in [1.82, 2.24) is 15.0 Å². The van der Waals surface area contributed by atoms with Gasteiger partial charge in [-0.05, 0) is 38.1 Å². The molecule has 8 nitrogen and oxygen atoms in total. The highest BCUT2D eigenvalue weighted by molar-refractivity contribution is 6.43. The fourth-order valence-electron chi connectivity index (χ4n) is 4.01. The van der Waals surface area contributed by atoms with E-state index in [1.54, 1.807) is 36.1 Å². The van der Waals surface area contributed by atoms with E-state index in [0.717, 1.165) is 0 Å². The first-order valence-corrected chi connectivity index (χ1v) is 11.2. The summed E-state index contributed by atoms with van der Waals surface area (Å²) < 4.78 is 10.7. The van der Waals surface area contributed by atoms with Gasteiger partial charge in [0.1, 0.15) is 10.8 Å². The number of nitrogens with zero attached hydrogens (tertiary/aromatic N) is 3. The number of benzene rings is 2. The quantitative estimate of drug-likeness (QED) is 0.405. The van der Waals surface area contributed by atoms with Crippen molar-refractivity contribution in [1.29, 1.82) is 0 Å². The molecule has 4 rings (SSSR count). The lowest BCUT2D eigenvalue weighted by Crippen LogP contribution is -2.56. The van der Waals surface area contributed by atoms with E-state index in [-0.39, 0.29) is 29.8 Å². The zero-order valence-electron chi connectivity index (χ0n) is 19.1. The first-order chi connectivity index (χ1) is 16.3. The standard InChI is InChI=1S/C25H24ClN3O5/c1-15-14-28(24(31)17-7-5-4-6-8-17)11-12-29(15)25(32)22(30)19-10-9-18(13-20(19)33-3)23-21(26)16(2)27-34-23/h4-10,13,15H,11-12,14H2,1-3H3/t15-/m1/s1. The molecule has 0 unspecified atom stereocenters. The van der Waals surface area contributed by atoms with Gasteiger partial charge in [0.2, 0.25) is 0 Å². The Balaban J connectivity index is 1.50. The van der Waals surface area contributed by atoms with E-state index in [0.29, 0.717) is 40.7 Å². The van der Waals surface area contributed by atoms with Crippen molar-refractivity contribution in [2.45, 2.75) is 19.9 Å². The second-order valence-corrected chi connectivity index (χ2v) is 8.50. The fraction of sp³-hybridized carbons (Fsp3) is 0.280. The normalized spacial score (nSPS) is 15.8. The van der Waals surface area contributed by atoms with Crippen LogP contribution in [0.15, 0.2) is 53.1 Å². The zero-order chi connectivity index (χ0) is 24.4. The molecule has 1 fully saturated rings. The third-order valence-electron chi connectivity index (χ3n) is 5.89. The van der Waals surface area contributed by atoms with E-state index in [4.69, 9.17) is 20.9 Å². The number of hydrogen-bond acceptors (Lipinski definition) is 6. The van der Waals surface area contributed by atoms with Crippen LogP contribution in [-0.4, -0.2) is 65.3 Å². The first-order valence-electron chi connectivity index (χ1n) is 10.8. The molecular formula is C25H24ClN3O5. The number of ether oxygens (including phenoxy) is 1. The number of amides is 2. The van der Waals surface area contributed by atoms with E-state index < -0.39 is 11.7 Å². The van der Waals surface area contributed by atoms with Gasteiger partial charge in [-0.15, -0.1) is 0 Å². The molecular weight excluding hydrogens is 458 g/mol. The summed E-state index contributed by atoms with van der Waals surface area (Å²) >= 11 is 6.23. The van der Waals surface area contributed by atoms with Crippen molar-refractivity contribution in [2.75, 3.05) is 26.7 Å². The molecule has 2 heterocycles. The summed E-state index contributed by atoms with van der Waals surface area (Å²) in [7, 11) is 1.42. The maximum atomic E-state index is 13.1. The Morgan fingerprint density at radius 3 is 2.47 bits per heavy atom. The van der Waals surface area contributed by atoms with Crippen LogP contribution in [0.3, 0.4) is 0 Å². The van der Waals surface area contributed by atoms with Crippen molar-refractivity contribution in [3.05, 3.63) is 70.4 Å². The smallest absolute Gasteiger partial charge is 0.295 e. The Hall–Kier alpha value is -3.65. The van der Waals surface area contributed by atoms with Crippen LogP contribution in [0, 0.1) is 6.92 Å². The Morgan fingerprint density at radius 1 is 1.12 bits per heavy atom. The van der Waals surface area contributed by atoms with Crippen LogP contribution in [0.25, 0.3) is 11.3 Å². The van der Waals surface area contributed by atoms with Crippen LogP contribution in [0.4, 0.5) is 0 Å². The Bertz CT molecular complexity index is 1240. The number of carbonyl (C=O) groups is 3. The summed E-state index contributed by atoms with van der Waals surface area (Å²) in [6.07, 6.45) is 0. The largest absolute Gasteiger partial charge is 0.496 e. The molecule has 176 valence electrons. The summed E-state index contributed by atoms with van der Waals surface area (Å²) in [5, 5.41) is 4.21. The molecule has 2 amide bonds. The van der Waals surface area contributed by atoms with E-state index in [1.165, 1.54) is 18.1 Å². The second kappa shape index (κ2) is 9.69. The van der Waals surface area contributed by atoms with Gasteiger partial charge < -0.3 is 19.1 Å². The molecule has 1 aliphatic heterocycles. The summed E-state index contributed by atoms with van der Waals surface area (Å²) in [6.45, 7) is 4.49. The SMILES string of the molecule is COc1cc(-c2onc(C)c2Cl)ccc1C(=O)C(=O)N1CCN(C(=O)c2ccccc2)C[C@H]1C. The minimum atomic E-state index is -0.682. The average molecular weight is 482 g/mol. The number of aryl methyl sites for hydroxylation is 1. The minimum absolute atomic E-state index is 0.0931. The maximum absolute atomic E-state index is 13.1. The molecule has 0 spiro atoms. The highest BCUT2D eigenvalue weighted by Crippen LogP contribution is 2.34. The molecule has 0 radical (unpaired) electrons. The predicted molar refractivity (Wildman–Crippen MR) is 126 cm³/mol. The van der Waals surface area contributed by atoms with Crippen molar-refractivity contribution >= 4 is 29.2 Å². The molecule has 2 aromatic carbocycles. The maximum Gasteiger partial charge on any atom is 0.295 e. The van der Waals surface area contributed by atoms with Crippen LogP contribution in [-0.2, 0) is 4.79 Å². The number of carbonyl (C=O) groups excluding carboxylic acids is 3. The summed E-state index contributed by atoms with van der Waals surface area (Å²) in [5.74, 6) is -0.830. The molecule has 1 atom stereocenters. The van der Waals surface area contributed by atoms with E-state index in [2.05, 4.69) is 5.16 Å². The summed E-state index contributed by atoms with van der Waals surface area (Å²) in [6, 6.07) is 13.4. The third kappa shape index (κ3) is 4.41. The van der Waals surface area contributed by atoms with Gasteiger partial charge in [-0.25, -0.2) is 0 Å². The number of ketones is 1. The predicted octanol–water partition coefficient (Wildman–Crippen LogP) is 3.87. The zero-order valence-corrected chi connectivity index (χ0v) is 19.8. The molecule has 34 heavy (non-hydrogen) atoms. The van der Waals surface area contributed by atoms with E-state index >= 15 is 0 Å². The van der Waals surface area contributed by atoms with Crippen LogP contribution in [0.2, 0.25) is 5.02 Å². The molecule has 1 aromatic heterocycles. The third-order valence-corrected chi connectivity index (χ3v) is 6.33. The number of piperazine rings is 1. The molecule has 9 heteroatoms. The number of hydrogen-bond donors (Lipinski definition) is 0. The van der Waals surface area contributed by atoms with Crippen LogP contribution in [0.1, 0.15) is 33.3 Å². The van der Waals surface area contributed by atoms with Gasteiger partial charge in [-0.2, -0.15) is 0 Å². The van der Waals surface area contributed by atoms with Crippen LogP contribution < -0.4 is 4.74 Å². The lowest BCUT2D eigenvalue weighted by Gasteiger charge is -2.39. The Morgan fingerprint density at radius 2 is 1.85 bits per heavy atom. The van der Waals surface area contributed by atoms with Gasteiger partial charge in [0, 0.05) is 36.8 Å². The molecule has 1 aliphatic rings. The van der Waals surface area contributed by atoms with E-state index in [1.807, 2.05) is 25.1 Å². The van der Waals surface area contributed by atoms with Gasteiger partial charge in [-0.3, -0.25) is 14.4 Å². The monoisotopic (exact) mass is 481 g/mol. The number of halogens is 1. The van der Waals surface area contributed by atoms with Crippen molar-refractivity contribution in [3.8, 4) is 17.1 Å². The van der Waals surface area contributed by atoms with Gasteiger partial charge >= 0.3 is 0 Å². The van der Waals surface area contributed by atoms with Gasteiger partial charge in [0.05, 0.1) is 18.4 Å². The fourth-order valence-corrected chi connectivity index (χ4v) is 4.19. The average Bonchev–Trinajstić information content (AvgIpc) is 3.20. The van der Waals surface area contributed by atoms with Gasteiger partial charge in [-0.1, -0.05) is 41.0 Å². The van der Waals surface area contributed by atoms with Gasteiger partial charge in [0.15, 0.2) is 5.76 Å². The Kier molecular flexibility index (Phi) is 6.70. The summed E-state index contributed by atoms with van der Waals surface area (Å²) in [5.41, 5.74) is 1.86. The van der Waals surface area contributed by atoms with Crippen LogP contribution in [0.5, 0.6) is 5.75 Å². The van der Waals surface area contributed by atoms with Crippen LogP contribution >= 0.6 is 11.6 Å². The molecule has 0 aliphatic carbocycles. The molecule has 3 aromatic rings. The van der Waals surface area contributed by atoms with Gasteiger partial charge in [0.25, 0.3) is 17.6 Å². The van der Waals surface area contributed by atoms with E-state index in [9.17, 15) is 14.4 Å². The number of methoxy groups -OCH3 is 1. The first kappa shape index (κ1) is 23.5. The Labute approximate surface area is 202 Å². The van der Waals surface area contributed by atoms with Crippen molar-refractivity contribution < 1.29 is 23.6 Å². The molecule has 0 bridgehead atoms. The molecule has 1 saturated heterocycles. The lowest BCUT2D eigenvalue weighted by atomic mass is 10.0. The minimum Gasteiger partial charge on any atom is -0.496 e. The number of Topliss-reactive ketones (excluding diaryl/α,β-unsaturated/α-hetero) is 1. The lowest BCUT2D eigenvalue weighted by molar-refractivity contribution is -0.130. The van der Waals surface area contributed by atoms with Crippen molar-refractivity contribution in [2.24, 2.45) is 0 Å². The number of rotatable bonds is 5. The summed E-state index contributed by atoms with van der Waals surface area (Å²) in [4.78, 5) is 42.2. The highest BCUT2D eigenvalue weighted by Gasteiger charge is 2.34.